The van der Waals surface area contributed by atoms with Gasteiger partial charge in [0.05, 0.1) is 0 Å². The summed E-state index contributed by atoms with van der Waals surface area (Å²) in [7, 11) is 0. The molecule has 0 bridgehead atoms. The van der Waals surface area contributed by atoms with Crippen molar-refractivity contribution >= 4 is 11.3 Å². The van der Waals surface area contributed by atoms with Crippen LogP contribution in [0.2, 0.25) is 0 Å². The second kappa shape index (κ2) is 7.05. The molecule has 1 nitrogen and oxygen atoms in total. The van der Waals surface area contributed by atoms with E-state index < -0.39 is 0 Å². The van der Waals surface area contributed by atoms with E-state index in [-0.39, 0.29) is 0 Å². The average Bonchev–Trinajstić information content (AvgIpc) is 2.76. The molecule has 1 N–H and O–H groups in total. The van der Waals surface area contributed by atoms with E-state index in [2.05, 4.69) is 63.3 Å². The van der Waals surface area contributed by atoms with Gasteiger partial charge in [-0.2, -0.15) is 0 Å². The van der Waals surface area contributed by atoms with Crippen LogP contribution in [-0.2, 0) is 6.42 Å². The van der Waals surface area contributed by atoms with E-state index >= 15 is 0 Å². The maximum absolute atomic E-state index is 3.71. The highest BCUT2D eigenvalue weighted by Crippen LogP contribution is 2.29. The normalized spacial score (nSPS) is 12.6. The number of rotatable bonds is 6. The minimum absolute atomic E-state index is 0.438. The van der Waals surface area contributed by atoms with Gasteiger partial charge < -0.3 is 5.32 Å². The lowest BCUT2D eigenvalue weighted by Gasteiger charge is -2.18. The summed E-state index contributed by atoms with van der Waals surface area (Å²) < 4.78 is 0. The smallest absolute Gasteiger partial charge is 0.0455 e. The number of benzene rings is 1. The fraction of sp³-hybridized carbons (Fsp3) is 0.444. The van der Waals surface area contributed by atoms with Crippen LogP contribution in [0.3, 0.4) is 0 Å². The number of hydrogen-bond acceptors (Lipinski definition) is 2. The Morgan fingerprint density at radius 1 is 1.10 bits per heavy atom. The molecule has 0 spiro atoms. The Hall–Kier alpha value is -1.12. The lowest BCUT2D eigenvalue weighted by molar-refractivity contribution is 0.535. The number of nitrogens with one attached hydrogen (secondary N) is 1. The summed E-state index contributed by atoms with van der Waals surface area (Å²) in [6.07, 6.45) is 2.25. The van der Waals surface area contributed by atoms with E-state index in [1.807, 2.05) is 11.3 Å². The van der Waals surface area contributed by atoms with Crippen LogP contribution in [0, 0.1) is 20.8 Å². The predicted octanol–water partition coefficient (Wildman–Crippen LogP) is 4.96. The van der Waals surface area contributed by atoms with Gasteiger partial charge in [-0.1, -0.05) is 31.2 Å². The molecule has 2 rings (SSSR count). The zero-order valence-corrected chi connectivity index (χ0v) is 13.8. The van der Waals surface area contributed by atoms with Crippen molar-refractivity contribution in [1.29, 1.82) is 0 Å². The molecule has 1 heterocycles. The summed E-state index contributed by atoms with van der Waals surface area (Å²) in [6, 6.07) is 11.5. The molecule has 2 heteroatoms. The Morgan fingerprint density at radius 2 is 1.85 bits per heavy atom. The first-order valence-corrected chi connectivity index (χ1v) is 8.28. The van der Waals surface area contributed by atoms with E-state index in [1.54, 1.807) is 0 Å². The molecular weight excluding hydrogens is 262 g/mol. The molecule has 0 aliphatic rings. The van der Waals surface area contributed by atoms with Crippen LogP contribution >= 0.6 is 11.3 Å². The van der Waals surface area contributed by atoms with Crippen molar-refractivity contribution in [2.75, 3.05) is 6.54 Å². The summed E-state index contributed by atoms with van der Waals surface area (Å²) >= 11 is 1.94. The minimum Gasteiger partial charge on any atom is -0.309 e. The molecule has 0 fully saturated rings. The fourth-order valence-electron chi connectivity index (χ4n) is 2.42. The number of thiophene rings is 1. The van der Waals surface area contributed by atoms with Gasteiger partial charge in [0.25, 0.3) is 0 Å². The molecule has 0 aliphatic heterocycles. The van der Waals surface area contributed by atoms with Gasteiger partial charge in [-0.25, -0.2) is 0 Å². The predicted molar refractivity (Wildman–Crippen MR) is 89.7 cm³/mol. The van der Waals surface area contributed by atoms with Gasteiger partial charge in [0.2, 0.25) is 0 Å². The third-order valence-corrected chi connectivity index (χ3v) is 5.12. The first-order valence-electron chi connectivity index (χ1n) is 7.46. The molecule has 1 aromatic carbocycles. The second-order valence-electron chi connectivity index (χ2n) is 5.53. The van der Waals surface area contributed by atoms with Crippen LogP contribution < -0.4 is 5.32 Å². The van der Waals surface area contributed by atoms with Crippen LogP contribution in [0.1, 0.15) is 45.8 Å². The highest BCUT2D eigenvalue weighted by atomic mass is 32.1. The van der Waals surface area contributed by atoms with Crippen molar-refractivity contribution in [2.45, 2.75) is 46.6 Å². The van der Waals surface area contributed by atoms with Gasteiger partial charge in [0.1, 0.15) is 0 Å². The van der Waals surface area contributed by atoms with Gasteiger partial charge in [-0.05, 0) is 62.9 Å². The molecule has 1 aromatic heterocycles. The van der Waals surface area contributed by atoms with Crippen LogP contribution in [0.4, 0.5) is 0 Å². The van der Waals surface area contributed by atoms with Crippen LogP contribution in [0.25, 0.3) is 0 Å². The Kier molecular flexibility index (Phi) is 5.38. The lowest BCUT2D eigenvalue weighted by Crippen LogP contribution is -2.23. The molecule has 0 saturated heterocycles. The van der Waals surface area contributed by atoms with Crippen LogP contribution in [-0.4, -0.2) is 6.54 Å². The third-order valence-electron chi connectivity index (χ3n) is 3.85. The SMILES string of the molecule is CCCNC(Cc1ccccc1C)c1cc(C)c(C)s1. The summed E-state index contributed by atoms with van der Waals surface area (Å²) in [5.41, 5.74) is 4.25. The Morgan fingerprint density at radius 3 is 2.45 bits per heavy atom. The van der Waals surface area contributed by atoms with Crippen molar-refractivity contribution in [3.8, 4) is 0 Å². The maximum atomic E-state index is 3.71. The van der Waals surface area contributed by atoms with E-state index in [1.165, 1.54) is 32.9 Å². The summed E-state index contributed by atoms with van der Waals surface area (Å²) in [5, 5.41) is 3.71. The summed E-state index contributed by atoms with van der Waals surface area (Å²) in [6.45, 7) is 9.93. The van der Waals surface area contributed by atoms with Gasteiger partial charge >= 0.3 is 0 Å². The van der Waals surface area contributed by atoms with E-state index in [9.17, 15) is 0 Å². The van der Waals surface area contributed by atoms with E-state index in [4.69, 9.17) is 0 Å². The van der Waals surface area contributed by atoms with Gasteiger partial charge in [-0.15, -0.1) is 11.3 Å². The monoisotopic (exact) mass is 287 g/mol. The summed E-state index contributed by atoms with van der Waals surface area (Å²) in [4.78, 5) is 2.91. The quantitative estimate of drug-likeness (QED) is 0.792. The minimum atomic E-state index is 0.438. The van der Waals surface area contributed by atoms with E-state index in [0.717, 1.165) is 13.0 Å². The van der Waals surface area contributed by atoms with Crippen molar-refractivity contribution in [2.24, 2.45) is 0 Å². The third kappa shape index (κ3) is 3.71. The highest BCUT2D eigenvalue weighted by molar-refractivity contribution is 7.12. The topological polar surface area (TPSA) is 12.0 Å². The first kappa shape index (κ1) is 15.3. The van der Waals surface area contributed by atoms with Gasteiger partial charge in [-0.3, -0.25) is 0 Å². The largest absolute Gasteiger partial charge is 0.309 e. The molecular formula is C18H25NS. The molecule has 2 aromatic rings. The fourth-order valence-corrected chi connectivity index (χ4v) is 3.54. The molecule has 1 atom stereocenters. The van der Waals surface area contributed by atoms with Crippen molar-refractivity contribution in [3.63, 3.8) is 0 Å². The average molecular weight is 287 g/mol. The Bertz CT molecular complexity index is 537. The maximum Gasteiger partial charge on any atom is 0.0455 e. The number of aryl methyl sites for hydroxylation is 3. The molecule has 0 aliphatic carbocycles. The van der Waals surface area contributed by atoms with Gasteiger partial charge in [0.15, 0.2) is 0 Å². The Labute approximate surface area is 127 Å². The van der Waals surface area contributed by atoms with Crippen molar-refractivity contribution in [3.05, 3.63) is 56.8 Å². The molecule has 0 saturated carbocycles. The zero-order chi connectivity index (χ0) is 14.5. The molecule has 108 valence electrons. The second-order valence-corrected chi connectivity index (χ2v) is 6.81. The molecule has 1 unspecified atom stereocenters. The van der Waals surface area contributed by atoms with Gasteiger partial charge in [0, 0.05) is 15.8 Å². The standard InChI is InChI=1S/C18H25NS/c1-5-10-19-17(18-11-14(3)15(4)20-18)12-16-9-7-6-8-13(16)2/h6-9,11,17,19H,5,10,12H2,1-4H3. The van der Waals surface area contributed by atoms with Crippen molar-refractivity contribution < 1.29 is 0 Å². The first-order chi connectivity index (χ1) is 9.61. The highest BCUT2D eigenvalue weighted by Gasteiger charge is 2.15. The van der Waals surface area contributed by atoms with Crippen LogP contribution in [0.15, 0.2) is 30.3 Å². The van der Waals surface area contributed by atoms with E-state index in [0.29, 0.717) is 6.04 Å². The lowest BCUT2D eigenvalue weighted by atomic mass is 10.00. The number of hydrogen-bond donors (Lipinski definition) is 1. The molecule has 0 amide bonds. The molecule has 20 heavy (non-hydrogen) atoms. The molecule has 0 radical (unpaired) electrons. The zero-order valence-electron chi connectivity index (χ0n) is 13.0. The summed E-state index contributed by atoms with van der Waals surface area (Å²) in [5.74, 6) is 0. The van der Waals surface area contributed by atoms with Crippen LogP contribution in [0.5, 0.6) is 0 Å². The Balaban J connectivity index is 2.21. The van der Waals surface area contributed by atoms with Crippen molar-refractivity contribution in [1.82, 2.24) is 5.32 Å².